The van der Waals surface area contributed by atoms with Gasteiger partial charge in [0.1, 0.15) is 5.75 Å². The normalized spacial score (nSPS) is 17.7. The van der Waals surface area contributed by atoms with Gasteiger partial charge in [0.2, 0.25) is 17.7 Å². The molecule has 1 aliphatic carbocycles. The van der Waals surface area contributed by atoms with Gasteiger partial charge >= 0.3 is 0 Å². The first kappa shape index (κ1) is 19.0. The minimum absolute atomic E-state index is 0.0167. The number of nitrogens with one attached hydrogen (secondary N) is 3. The Bertz CT molecular complexity index is 951. The number of hydrogen-bond acceptors (Lipinski definition) is 4. The summed E-state index contributed by atoms with van der Waals surface area (Å²) in [7, 11) is 1.56. The highest BCUT2D eigenvalue weighted by atomic mass is 16.5. The Kier molecular flexibility index (Phi) is 5.20. The fourth-order valence-electron chi connectivity index (χ4n) is 3.43. The number of ether oxygens (including phenoxy) is 1. The molecular weight excluding hydrogens is 370 g/mol. The molecule has 0 aromatic heterocycles. The highest BCUT2D eigenvalue weighted by Crippen LogP contribution is 2.35. The van der Waals surface area contributed by atoms with E-state index in [9.17, 15) is 14.4 Å². The third-order valence-corrected chi connectivity index (χ3v) is 5.14. The van der Waals surface area contributed by atoms with Crippen LogP contribution in [0.4, 0.5) is 11.4 Å². The quantitative estimate of drug-likeness (QED) is 0.703. The SMILES string of the molecule is COc1ccc2c(c1)C(C(=O)Nc1ccc(CC(=O)NC3CC3)cc1)CC(=O)N2. The average Bonchev–Trinajstić information content (AvgIpc) is 3.52. The number of carbonyl (C=O) groups is 3. The van der Waals surface area contributed by atoms with Crippen molar-refractivity contribution in [3.05, 3.63) is 53.6 Å². The second-order valence-corrected chi connectivity index (χ2v) is 7.46. The van der Waals surface area contributed by atoms with Gasteiger partial charge in [0.25, 0.3) is 0 Å². The Hall–Kier alpha value is -3.35. The fourth-order valence-corrected chi connectivity index (χ4v) is 3.43. The first-order valence-electron chi connectivity index (χ1n) is 9.69. The Labute approximate surface area is 168 Å². The summed E-state index contributed by atoms with van der Waals surface area (Å²) in [6.45, 7) is 0. The summed E-state index contributed by atoms with van der Waals surface area (Å²) < 4.78 is 5.25. The third-order valence-electron chi connectivity index (χ3n) is 5.14. The first-order chi connectivity index (χ1) is 14.0. The van der Waals surface area contributed by atoms with Crippen LogP contribution in [0.15, 0.2) is 42.5 Å². The molecule has 7 nitrogen and oxygen atoms in total. The average molecular weight is 393 g/mol. The molecular formula is C22H23N3O4. The van der Waals surface area contributed by atoms with E-state index in [2.05, 4.69) is 16.0 Å². The van der Waals surface area contributed by atoms with Gasteiger partial charge in [0.15, 0.2) is 0 Å². The van der Waals surface area contributed by atoms with Crippen LogP contribution in [-0.2, 0) is 20.8 Å². The summed E-state index contributed by atoms with van der Waals surface area (Å²) in [4.78, 5) is 36.8. The lowest BCUT2D eigenvalue weighted by Crippen LogP contribution is -2.30. The van der Waals surface area contributed by atoms with Crippen LogP contribution in [0, 0.1) is 0 Å². The lowest BCUT2D eigenvalue weighted by atomic mass is 9.89. The van der Waals surface area contributed by atoms with E-state index in [0.29, 0.717) is 29.6 Å². The van der Waals surface area contributed by atoms with Crippen molar-refractivity contribution in [3.8, 4) is 5.75 Å². The zero-order valence-electron chi connectivity index (χ0n) is 16.2. The summed E-state index contributed by atoms with van der Waals surface area (Å²) in [5.41, 5.74) is 2.86. The van der Waals surface area contributed by atoms with Crippen molar-refractivity contribution in [2.45, 2.75) is 37.6 Å². The topological polar surface area (TPSA) is 96.5 Å². The first-order valence-corrected chi connectivity index (χ1v) is 9.69. The lowest BCUT2D eigenvalue weighted by Gasteiger charge is -2.25. The highest BCUT2D eigenvalue weighted by molar-refractivity contribution is 6.05. The van der Waals surface area contributed by atoms with Gasteiger partial charge in [-0.3, -0.25) is 14.4 Å². The van der Waals surface area contributed by atoms with Crippen LogP contribution in [0.2, 0.25) is 0 Å². The van der Waals surface area contributed by atoms with Crippen LogP contribution in [0.5, 0.6) is 5.75 Å². The number of anilines is 2. The maximum absolute atomic E-state index is 12.9. The summed E-state index contributed by atoms with van der Waals surface area (Å²) in [6, 6.07) is 12.8. The van der Waals surface area contributed by atoms with Crippen molar-refractivity contribution in [3.63, 3.8) is 0 Å². The number of methoxy groups -OCH3 is 1. The van der Waals surface area contributed by atoms with E-state index in [-0.39, 0.29) is 24.1 Å². The molecule has 29 heavy (non-hydrogen) atoms. The standard InChI is InChI=1S/C22H23N3O4/c1-29-16-8-9-19-17(11-16)18(12-21(27)25-19)22(28)24-15-4-2-13(3-5-15)10-20(26)23-14-6-7-14/h2-5,8-9,11,14,18H,6-7,10,12H2,1H3,(H,23,26)(H,24,28)(H,25,27). The van der Waals surface area contributed by atoms with E-state index >= 15 is 0 Å². The Morgan fingerprint density at radius 3 is 2.59 bits per heavy atom. The number of hydrogen-bond donors (Lipinski definition) is 3. The highest BCUT2D eigenvalue weighted by Gasteiger charge is 2.31. The maximum Gasteiger partial charge on any atom is 0.232 e. The molecule has 1 saturated carbocycles. The van der Waals surface area contributed by atoms with Gasteiger partial charge in [-0.2, -0.15) is 0 Å². The third kappa shape index (κ3) is 4.56. The van der Waals surface area contributed by atoms with E-state index in [1.807, 2.05) is 12.1 Å². The van der Waals surface area contributed by atoms with E-state index in [0.717, 1.165) is 24.0 Å². The molecule has 2 aromatic rings. The second-order valence-electron chi connectivity index (χ2n) is 7.46. The largest absolute Gasteiger partial charge is 0.497 e. The smallest absolute Gasteiger partial charge is 0.232 e. The zero-order valence-corrected chi connectivity index (χ0v) is 16.2. The molecule has 3 N–H and O–H groups in total. The number of benzene rings is 2. The van der Waals surface area contributed by atoms with Gasteiger partial charge in [-0.25, -0.2) is 0 Å². The number of rotatable bonds is 6. The fraction of sp³-hybridized carbons (Fsp3) is 0.318. The summed E-state index contributed by atoms with van der Waals surface area (Å²) in [5.74, 6) is -0.402. The van der Waals surface area contributed by atoms with E-state index in [4.69, 9.17) is 4.74 Å². The molecule has 1 atom stereocenters. The molecule has 0 spiro atoms. The molecule has 1 heterocycles. The van der Waals surface area contributed by atoms with Crippen molar-refractivity contribution in [2.24, 2.45) is 0 Å². The van der Waals surface area contributed by atoms with Crippen molar-refractivity contribution in [1.29, 1.82) is 0 Å². The number of carbonyl (C=O) groups excluding carboxylic acids is 3. The van der Waals surface area contributed by atoms with Gasteiger partial charge in [-0.15, -0.1) is 0 Å². The van der Waals surface area contributed by atoms with E-state index in [1.165, 1.54) is 0 Å². The van der Waals surface area contributed by atoms with E-state index in [1.54, 1.807) is 37.4 Å². The number of amides is 3. The molecule has 3 amide bonds. The summed E-state index contributed by atoms with van der Waals surface area (Å²) in [6.07, 6.45) is 2.52. The van der Waals surface area contributed by atoms with Gasteiger partial charge in [0.05, 0.1) is 19.4 Å². The van der Waals surface area contributed by atoms with Crippen LogP contribution >= 0.6 is 0 Å². The molecule has 2 aliphatic rings. The molecule has 0 saturated heterocycles. The van der Waals surface area contributed by atoms with Crippen molar-refractivity contribution in [2.75, 3.05) is 17.7 Å². The van der Waals surface area contributed by atoms with Crippen molar-refractivity contribution >= 4 is 29.1 Å². The predicted octanol–water partition coefficient (Wildman–Crippen LogP) is 2.58. The van der Waals surface area contributed by atoms with Crippen molar-refractivity contribution < 1.29 is 19.1 Å². The molecule has 2 aromatic carbocycles. The molecule has 150 valence electrons. The van der Waals surface area contributed by atoms with Crippen LogP contribution in [-0.4, -0.2) is 30.9 Å². The summed E-state index contributed by atoms with van der Waals surface area (Å²) in [5, 5.41) is 8.62. The zero-order chi connectivity index (χ0) is 20.4. The monoisotopic (exact) mass is 393 g/mol. The second kappa shape index (κ2) is 7.95. The molecule has 4 rings (SSSR count). The minimum atomic E-state index is -0.599. The van der Waals surface area contributed by atoms with Crippen LogP contribution in [0.1, 0.15) is 36.3 Å². The molecule has 1 fully saturated rings. The molecule has 7 heteroatoms. The van der Waals surface area contributed by atoms with Gasteiger partial charge in [-0.05, 0) is 54.3 Å². The lowest BCUT2D eigenvalue weighted by molar-refractivity contribution is -0.123. The maximum atomic E-state index is 12.9. The van der Waals surface area contributed by atoms with E-state index < -0.39 is 5.92 Å². The Balaban J connectivity index is 1.44. The molecule has 0 bridgehead atoms. The Morgan fingerprint density at radius 2 is 1.90 bits per heavy atom. The molecule has 0 radical (unpaired) electrons. The molecule has 1 aliphatic heterocycles. The van der Waals surface area contributed by atoms with Crippen LogP contribution in [0.3, 0.4) is 0 Å². The van der Waals surface area contributed by atoms with Crippen molar-refractivity contribution in [1.82, 2.24) is 5.32 Å². The van der Waals surface area contributed by atoms with Crippen LogP contribution in [0.25, 0.3) is 0 Å². The predicted molar refractivity (Wildman–Crippen MR) is 109 cm³/mol. The van der Waals surface area contributed by atoms with Crippen LogP contribution < -0.4 is 20.7 Å². The number of fused-ring (bicyclic) bond motifs is 1. The minimum Gasteiger partial charge on any atom is -0.497 e. The van der Waals surface area contributed by atoms with Gasteiger partial charge < -0.3 is 20.7 Å². The van der Waals surface area contributed by atoms with Gasteiger partial charge in [0, 0.05) is 23.8 Å². The Morgan fingerprint density at radius 1 is 1.14 bits per heavy atom. The summed E-state index contributed by atoms with van der Waals surface area (Å²) >= 11 is 0. The van der Waals surface area contributed by atoms with Gasteiger partial charge in [-0.1, -0.05) is 12.1 Å². The molecule has 1 unspecified atom stereocenters.